The Bertz CT molecular complexity index is 201. The minimum atomic E-state index is -0.866. The van der Waals surface area contributed by atoms with Gasteiger partial charge in [0.15, 0.2) is 8.96 Å². The first-order valence-corrected chi connectivity index (χ1v) is 3.27. The summed E-state index contributed by atoms with van der Waals surface area (Å²) in [7, 11) is -0.0501. The molecule has 1 heterocycles. The van der Waals surface area contributed by atoms with Gasteiger partial charge in [-0.25, -0.2) is 4.79 Å². The molecule has 1 rings (SSSR count). The Hall–Kier alpha value is -1.09. The second kappa shape index (κ2) is 3.17. The molecule has 1 atom stereocenters. The molecule has 1 aliphatic heterocycles. The first-order chi connectivity index (χ1) is 4.79. The smallest absolute Gasteiger partial charge is 0.411 e. The van der Waals surface area contributed by atoms with Crippen LogP contribution >= 0.6 is 8.96 Å². The van der Waals surface area contributed by atoms with E-state index >= 15 is 0 Å². The molecule has 0 aromatic carbocycles. The molecule has 5 nitrogen and oxygen atoms in total. The second-order valence-electron chi connectivity index (χ2n) is 1.38. The lowest BCUT2D eigenvalue weighted by atomic mass is 10.6. The number of ether oxygens (including phenoxy) is 1. The van der Waals surface area contributed by atoms with Gasteiger partial charge in [-0.1, -0.05) is 0 Å². The normalized spacial score (nSPS) is 17.8. The van der Waals surface area contributed by atoms with Gasteiger partial charge in [-0.05, 0) is 0 Å². The topological polar surface area (TPSA) is 73.9 Å². The molecule has 6 heteroatoms. The van der Waals surface area contributed by atoms with Crippen LogP contribution in [0.5, 0.6) is 0 Å². The summed E-state index contributed by atoms with van der Waals surface area (Å²) in [4.78, 5) is 10.1. The van der Waals surface area contributed by atoms with Gasteiger partial charge in [0.25, 0.3) is 0 Å². The quantitative estimate of drug-likeness (QED) is 0.525. The van der Waals surface area contributed by atoms with Gasteiger partial charge in [0.05, 0.1) is 6.26 Å². The van der Waals surface area contributed by atoms with Crippen molar-refractivity contribution in [3.63, 3.8) is 0 Å². The molecule has 0 spiro atoms. The summed E-state index contributed by atoms with van der Waals surface area (Å²) < 4.78 is 12.8. The van der Waals surface area contributed by atoms with Crippen molar-refractivity contribution < 1.29 is 14.1 Å². The molecule has 0 aromatic heterocycles. The molecule has 1 aliphatic rings. The van der Waals surface area contributed by atoms with E-state index in [1.807, 2.05) is 0 Å². The molecule has 1 amide bonds. The zero-order valence-electron chi connectivity index (χ0n) is 4.90. The van der Waals surface area contributed by atoms with Crippen LogP contribution in [0.3, 0.4) is 0 Å². The molecule has 0 aliphatic carbocycles. The van der Waals surface area contributed by atoms with Crippen LogP contribution in [-0.4, -0.2) is 12.0 Å². The molecule has 2 N–H and O–H groups in total. The number of carbonyl (C=O) groups excluding carboxylic acids is 1. The number of nitrogens with zero attached hydrogens (tertiary/aromatic N) is 1. The first kappa shape index (κ1) is 7.02. The van der Waals surface area contributed by atoms with Crippen molar-refractivity contribution >= 4 is 20.9 Å². The van der Waals surface area contributed by atoms with Crippen molar-refractivity contribution in [1.82, 2.24) is 0 Å². The molecule has 10 heavy (non-hydrogen) atoms. The Labute approximate surface area is 58.8 Å². The second-order valence-corrected chi connectivity index (χ2v) is 2.02. The highest BCUT2D eigenvalue weighted by Crippen LogP contribution is 2.18. The first-order valence-electron chi connectivity index (χ1n) is 2.41. The lowest BCUT2D eigenvalue weighted by molar-refractivity contribution is 0.208. The van der Waals surface area contributed by atoms with E-state index in [-0.39, 0.29) is 14.9 Å². The highest BCUT2D eigenvalue weighted by Gasteiger charge is 2.02. The lowest BCUT2D eigenvalue weighted by Crippen LogP contribution is -2.17. The van der Waals surface area contributed by atoms with E-state index < -0.39 is 6.09 Å². The third-order valence-corrected chi connectivity index (χ3v) is 1.25. The number of rotatable bonds is 0. The molecule has 54 valence electrons. The fourth-order valence-corrected chi connectivity index (χ4v) is 0.783. The van der Waals surface area contributed by atoms with Gasteiger partial charge in [0.1, 0.15) is 0 Å². The molecular formula is C4H5N2O3P. The predicted octanol–water partition coefficient (Wildman–Crippen LogP) is 0.533. The molecule has 0 aromatic rings. The average Bonchev–Trinajstić information content (AvgIpc) is 1.88. The van der Waals surface area contributed by atoms with Crippen LogP contribution in [0.2, 0.25) is 0 Å². The average molecular weight is 160 g/mol. The predicted molar refractivity (Wildman–Crippen MR) is 36.6 cm³/mol. The van der Waals surface area contributed by atoms with Crippen molar-refractivity contribution in [2.75, 3.05) is 0 Å². The molecule has 0 saturated carbocycles. The zero-order valence-corrected chi connectivity index (χ0v) is 5.90. The van der Waals surface area contributed by atoms with E-state index in [2.05, 4.69) is 9.50 Å². The van der Waals surface area contributed by atoms with Gasteiger partial charge in [-0.15, -0.1) is 0 Å². The molecule has 0 bridgehead atoms. The van der Waals surface area contributed by atoms with Crippen molar-refractivity contribution in [3.05, 3.63) is 12.3 Å². The SMILES string of the molecule is NC(=O)OC1=NPOC=C1. The van der Waals surface area contributed by atoms with Gasteiger partial charge in [0.2, 0.25) is 5.90 Å². The maximum absolute atomic E-state index is 10.1. The Morgan fingerprint density at radius 2 is 2.70 bits per heavy atom. The van der Waals surface area contributed by atoms with Crippen LogP contribution in [-0.2, 0) is 9.26 Å². The van der Waals surface area contributed by atoms with Crippen LogP contribution < -0.4 is 5.73 Å². The standard InChI is InChI=1S/C4H5N2O3P/c5-4(7)9-3-1-2-8-10-6-3/h1-2,10H,(H2,5,7). The van der Waals surface area contributed by atoms with Gasteiger partial charge >= 0.3 is 6.09 Å². The van der Waals surface area contributed by atoms with E-state index in [4.69, 9.17) is 10.3 Å². The summed E-state index contributed by atoms with van der Waals surface area (Å²) in [6, 6.07) is 0. The van der Waals surface area contributed by atoms with E-state index in [0.717, 1.165) is 0 Å². The van der Waals surface area contributed by atoms with Crippen molar-refractivity contribution in [2.45, 2.75) is 0 Å². The monoisotopic (exact) mass is 160 g/mol. The summed E-state index contributed by atoms with van der Waals surface area (Å²) in [5.74, 6) is 0.192. The zero-order chi connectivity index (χ0) is 7.40. The summed E-state index contributed by atoms with van der Waals surface area (Å²) in [5.41, 5.74) is 4.71. The molecule has 1 unspecified atom stereocenters. The largest absolute Gasteiger partial charge is 0.461 e. The fourth-order valence-electron chi connectivity index (χ4n) is 0.391. The maximum Gasteiger partial charge on any atom is 0.411 e. The Kier molecular flexibility index (Phi) is 2.23. The number of nitrogens with two attached hydrogens (primary N) is 1. The minimum absolute atomic E-state index is 0.0501. The van der Waals surface area contributed by atoms with Crippen LogP contribution in [0.25, 0.3) is 0 Å². The third-order valence-electron chi connectivity index (χ3n) is 0.692. The van der Waals surface area contributed by atoms with Crippen LogP contribution in [0.1, 0.15) is 0 Å². The summed E-state index contributed by atoms with van der Waals surface area (Å²) in [5, 5.41) is 0. The number of carbonyl (C=O) groups is 1. The van der Waals surface area contributed by atoms with Crippen molar-refractivity contribution in [3.8, 4) is 0 Å². The Balaban J connectivity index is 2.48. The molecule has 0 fully saturated rings. The van der Waals surface area contributed by atoms with E-state index in [9.17, 15) is 4.79 Å². The van der Waals surface area contributed by atoms with Crippen LogP contribution in [0, 0.1) is 0 Å². The third kappa shape index (κ3) is 2.03. The maximum atomic E-state index is 10.1. The van der Waals surface area contributed by atoms with Gasteiger partial charge < -0.3 is 15.0 Å². The highest BCUT2D eigenvalue weighted by atomic mass is 31.1. The highest BCUT2D eigenvalue weighted by molar-refractivity contribution is 7.31. The molecule has 0 saturated heterocycles. The van der Waals surface area contributed by atoms with E-state index in [1.165, 1.54) is 12.3 Å². The summed E-state index contributed by atoms with van der Waals surface area (Å²) in [6.07, 6.45) is 1.94. The molecular weight excluding hydrogens is 155 g/mol. The van der Waals surface area contributed by atoms with Gasteiger partial charge in [-0.2, -0.15) is 4.76 Å². The van der Waals surface area contributed by atoms with Crippen LogP contribution in [0.4, 0.5) is 4.79 Å². The van der Waals surface area contributed by atoms with E-state index in [0.29, 0.717) is 0 Å². The van der Waals surface area contributed by atoms with Gasteiger partial charge in [-0.3, -0.25) is 0 Å². The number of amides is 1. The Morgan fingerprint density at radius 3 is 3.20 bits per heavy atom. The Morgan fingerprint density at radius 1 is 1.90 bits per heavy atom. The number of hydrogen-bond acceptors (Lipinski definition) is 4. The van der Waals surface area contributed by atoms with Crippen LogP contribution in [0.15, 0.2) is 17.1 Å². The van der Waals surface area contributed by atoms with Crippen molar-refractivity contribution in [1.29, 1.82) is 0 Å². The van der Waals surface area contributed by atoms with E-state index in [1.54, 1.807) is 0 Å². The summed E-state index contributed by atoms with van der Waals surface area (Å²) >= 11 is 0. The number of hydrogen-bond donors (Lipinski definition) is 1. The van der Waals surface area contributed by atoms with Gasteiger partial charge in [0, 0.05) is 6.08 Å². The molecule has 0 radical (unpaired) electrons. The minimum Gasteiger partial charge on any atom is -0.461 e. The summed E-state index contributed by atoms with van der Waals surface area (Å²) in [6.45, 7) is 0. The lowest BCUT2D eigenvalue weighted by Gasteiger charge is -2.03. The fraction of sp³-hybridized carbons (Fsp3) is 0. The van der Waals surface area contributed by atoms with Crippen molar-refractivity contribution in [2.24, 2.45) is 10.5 Å². The number of primary amides is 1.